The van der Waals surface area contributed by atoms with Crippen molar-refractivity contribution in [3.63, 3.8) is 0 Å². The van der Waals surface area contributed by atoms with Crippen LogP contribution in [0.3, 0.4) is 0 Å². The molecule has 20 heavy (non-hydrogen) atoms. The van der Waals surface area contributed by atoms with Crippen LogP contribution in [0.4, 0.5) is 0 Å². The maximum atomic E-state index is 11.7. The summed E-state index contributed by atoms with van der Waals surface area (Å²) in [7, 11) is 0. The van der Waals surface area contributed by atoms with Crippen LogP contribution in [-0.4, -0.2) is 29.0 Å². The van der Waals surface area contributed by atoms with Crippen molar-refractivity contribution in [1.82, 2.24) is 15.3 Å². The Morgan fingerprint density at radius 1 is 1.30 bits per heavy atom. The first-order chi connectivity index (χ1) is 9.68. The summed E-state index contributed by atoms with van der Waals surface area (Å²) in [5, 5.41) is 3.44. The van der Waals surface area contributed by atoms with Crippen molar-refractivity contribution >= 4 is 29.1 Å². The van der Waals surface area contributed by atoms with Crippen molar-refractivity contribution in [2.24, 2.45) is 0 Å². The van der Waals surface area contributed by atoms with E-state index in [0.29, 0.717) is 22.3 Å². The molecule has 0 radical (unpaired) electrons. The molecule has 0 saturated heterocycles. The summed E-state index contributed by atoms with van der Waals surface area (Å²) in [6.07, 6.45) is 4.35. The van der Waals surface area contributed by atoms with Crippen LogP contribution < -0.4 is 10.1 Å². The lowest BCUT2D eigenvalue weighted by atomic mass is 10.3. The Labute approximate surface area is 125 Å². The number of ether oxygens (including phenoxy) is 1. The molecule has 2 aromatic rings. The Kier molecular flexibility index (Phi) is 5.15. The van der Waals surface area contributed by atoms with Crippen LogP contribution in [0.15, 0.2) is 36.8 Å². The number of aromatic nitrogens is 2. The third-order valence-electron chi connectivity index (χ3n) is 2.36. The minimum Gasteiger partial charge on any atom is -0.490 e. The topological polar surface area (TPSA) is 64.1 Å². The van der Waals surface area contributed by atoms with Gasteiger partial charge in [-0.25, -0.2) is 4.98 Å². The standard InChI is InChI=1S/C13H11Cl2N3O2/c14-9-2-1-3-11(12(9)15)20-7-6-18-13(19)10-8-16-4-5-17-10/h1-5,8H,6-7H2,(H,18,19). The Balaban J connectivity index is 1.80. The van der Waals surface area contributed by atoms with E-state index in [1.807, 2.05) is 0 Å². The van der Waals surface area contributed by atoms with Crippen molar-refractivity contribution < 1.29 is 9.53 Å². The number of carbonyl (C=O) groups is 1. The van der Waals surface area contributed by atoms with Gasteiger partial charge in [-0.05, 0) is 12.1 Å². The van der Waals surface area contributed by atoms with Gasteiger partial charge in [0.2, 0.25) is 0 Å². The molecular weight excluding hydrogens is 301 g/mol. The van der Waals surface area contributed by atoms with Gasteiger partial charge in [-0.2, -0.15) is 0 Å². The molecule has 0 aliphatic carbocycles. The minimum atomic E-state index is -0.307. The maximum absolute atomic E-state index is 11.7. The van der Waals surface area contributed by atoms with Gasteiger partial charge in [-0.3, -0.25) is 9.78 Å². The first kappa shape index (κ1) is 14.6. The third-order valence-corrected chi connectivity index (χ3v) is 3.16. The van der Waals surface area contributed by atoms with Crippen LogP contribution in [0.2, 0.25) is 10.0 Å². The van der Waals surface area contributed by atoms with Gasteiger partial charge in [0.05, 0.1) is 17.8 Å². The second-order valence-electron chi connectivity index (χ2n) is 3.75. The maximum Gasteiger partial charge on any atom is 0.271 e. The molecule has 0 spiro atoms. The Morgan fingerprint density at radius 2 is 2.15 bits per heavy atom. The second-order valence-corrected chi connectivity index (χ2v) is 4.53. The molecule has 2 rings (SSSR count). The lowest BCUT2D eigenvalue weighted by Gasteiger charge is -2.09. The minimum absolute atomic E-state index is 0.258. The zero-order valence-electron chi connectivity index (χ0n) is 10.3. The fraction of sp³-hybridized carbons (Fsp3) is 0.154. The van der Waals surface area contributed by atoms with Gasteiger partial charge >= 0.3 is 0 Å². The van der Waals surface area contributed by atoms with E-state index in [0.717, 1.165) is 0 Å². The molecule has 1 aromatic heterocycles. The predicted molar refractivity (Wildman–Crippen MR) is 76.3 cm³/mol. The fourth-order valence-corrected chi connectivity index (χ4v) is 1.77. The molecule has 1 N–H and O–H groups in total. The smallest absolute Gasteiger partial charge is 0.271 e. The average molecular weight is 312 g/mol. The van der Waals surface area contributed by atoms with Gasteiger partial charge in [-0.15, -0.1) is 0 Å². The lowest BCUT2D eigenvalue weighted by Crippen LogP contribution is -2.28. The van der Waals surface area contributed by atoms with Gasteiger partial charge < -0.3 is 10.1 Å². The molecule has 1 aromatic carbocycles. The van der Waals surface area contributed by atoms with Crippen LogP contribution in [-0.2, 0) is 0 Å². The first-order valence-electron chi connectivity index (χ1n) is 5.79. The van der Waals surface area contributed by atoms with Crippen LogP contribution >= 0.6 is 23.2 Å². The monoisotopic (exact) mass is 311 g/mol. The summed E-state index contributed by atoms with van der Waals surface area (Å²) in [4.78, 5) is 19.4. The largest absolute Gasteiger partial charge is 0.490 e. The molecular formula is C13H11Cl2N3O2. The van der Waals surface area contributed by atoms with E-state index in [1.165, 1.54) is 18.6 Å². The van der Waals surface area contributed by atoms with E-state index in [2.05, 4.69) is 15.3 Å². The van der Waals surface area contributed by atoms with Crippen LogP contribution in [0, 0.1) is 0 Å². The molecule has 1 amide bonds. The number of halogens is 2. The van der Waals surface area contributed by atoms with E-state index in [4.69, 9.17) is 27.9 Å². The highest BCUT2D eigenvalue weighted by Crippen LogP contribution is 2.31. The first-order valence-corrected chi connectivity index (χ1v) is 6.55. The summed E-state index contributed by atoms with van der Waals surface area (Å²) in [5.41, 5.74) is 0.258. The highest BCUT2D eigenvalue weighted by atomic mass is 35.5. The van der Waals surface area contributed by atoms with Crippen molar-refractivity contribution in [1.29, 1.82) is 0 Å². The van der Waals surface area contributed by atoms with Crippen LogP contribution in [0.5, 0.6) is 5.75 Å². The SMILES string of the molecule is O=C(NCCOc1cccc(Cl)c1Cl)c1cnccn1. The molecule has 1 heterocycles. The van der Waals surface area contributed by atoms with Gasteiger partial charge in [0.15, 0.2) is 0 Å². The van der Waals surface area contributed by atoms with E-state index < -0.39 is 0 Å². The highest BCUT2D eigenvalue weighted by molar-refractivity contribution is 6.42. The molecule has 0 fully saturated rings. The van der Waals surface area contributed by atoms with Crippen molar-refractivity contribution in [2.75, 3.05) is 13.2 Å². The molecule has 0 aliphatic heterocycles. The zero-order chi connectivity index (χ0) is 14.4. The molecule has 0 atom stereocenters. The summed E-state index contributed by atoms with van der Waals surface area (Å²) >= 11 is 11.8. The predicted octanol–water partition coefficient (Wildman–Crippen LogP) is 2.59. The van der Waals surface area contributed by atoms with Crippen molar-refractivity contribution in [3.8, 4) is 5.75 Å². The van der Waals surface area contributed by atoms with E-state index in [9.17, 15) is 4.79 Å². The number of carbonyl (C=O) groups excluding carboxylic acids is 1. The Morgan fingerprint density at radius 3 is 2.90 bits per heavy atom. The second kappa shape index (κ2) is 7.07. The van der Waals surface area contributed by atoms with Crippen molar-refractivity contribution in [3.05, 3.63) is 52.5 Å². The fourth-order valence-electron chi connectivity index (χ4n) is 1.43. The number of benzene rings is 1. The highest BCUT2D eigenvalue weighted by Gasteiger charge is 2.07. The number of nitrogens with zero attached hydrogens (tertiary/aromatic N) is 2. The molecule has 7 heteroatoms. The number of hydrogen-bond donors (Lipinski definition) is 1. The van der Waals surface area contributed by atoms with Crippen LogP contribution in [0.1, 0.15) is 10.5 Å². The normalized spacial score (nSPS) is 10.1. The molecule has 0 bridgehead atoms. The van der Waals surface area contributed by atoms with Gasteiger partial charge in [0.1, 0.15) is 23.1 Å². The van der Waals surface area contributed by atoms with Crippen LogP contribution in [0.25, 0.3) is 0 Å². The Bertz CT molecular complexity index is 593. The molecule has 5 nitrogen and oxygen atoms in total. The van der Waals surface area contributed by atoms with Crippen molar-refractivity contribution in [2.45, 2.75) is 0 Å². The molecule has 104 valence electrons. The Hall–Kier alpha value is -1.85. The van der Waals surface area contributed by atoms with Gasteiger partial charge in [0.25, 0.3) is 5.91 Å². The number of hydrogen-bond acceptors (Lipinski definition) is 4. The number of rotatable bonds is 5. The quantitative estimate of drug-likeness (QED) is 0.862. The number of nitrogens with one attached hydrogen (secondary N) is 1. The molecule has 0 unspecified atom stereocenters. The summed E-state index contributed by atoms with van der Waals surface area (Å²) in [5.74, 6) is 0.173. The molecule has 0 saturated carbocycles. The third kappa shape index (κ3) is 3.82. The molecule has 0 aliphatic rings. The summed E-state index contributed by atoms with van der Waals surface area (Å²) in [6, 6.07) is 5.12. The lowest BCUT2D eigenvalue weighted by molar-refractivity contribution is 0.0941. The van der Waals surface area contributed by atoms with Gasteiger partial charge in [-0.1, -0.05) is 29.3 Å². The summed E-state index contributed by atoms with van der Waals surface area (Å²) in [6.45, 7) is 0.588. The van der Waals surface area contributed by atoms with Gasteiger partial charge in [0, 0.05) is 12.4 Å². The number of amides is 1. The van der Waals surface area contributed by atoms with E-state index in [1.54, 1.807) is 18.2 Å². The summed E-state index contributed by atoms with van der Waals surface area (Å²) < 4.78 is 5.44. The van der Waals surface area contributed by atoms with E-state index in [-0.39, 0.29) is 18.2 Å². The average Bonchev–Trinajstić information content (AvgIpc) is 2.48. The zero-order valence-corrected chi connectivity index (χ0v) is 11.9. The van der Waals surface area contributed by atoms with E-state index >= 15 is 0 Å².